The largest absolute Gasteiger partial charge is 0.480 e. The van der Waals surface area contributed by atoms with E-state index >= 15 is 0 Å². The summed E-state index contributed by atoms with van der Waals surface area (Å²) in [6, 6.07) is 4.63. The van der Waals surface area contributed by atoms with Crippen LogP contribution in [0.1, 0.15) is 25.3 Å². The topological polar surface area (TPSA) is 215 Å². The number of hydrogen-bond acceptors (Lipinski definition) is 7. The molecular formula is C21H33N7O5S. The van der Waals surface area contributed by atoms with Gasteiger partial charge in [0, 0.05) is 18.7 Å². The summed E-state index contributed by atoms with van der Waals surface area (Å²) in [7, 11) is 0. The highest BCUT2D eigenvalue weighted by Gasteiger charge is 2.28. The van der Waals surface area contributed by atoms with E-state index in [1.807, 2.05) is 0 Å². The van der Waals surface area contributed by atoms with Gasteiger partial charge in [0.2, 0.25) is 17.7 Å². The number of aliphatic carboxylic acids is 1. The fourth-order valence-corrected chi connectivity index (χ4v) is 3.03. The number of carbonyl (C=O) groups excluding carboxylic acids is 3. The van der Waals surface area contributed by atoms with Crippen molar-refractivity contribution < 1.29 is 24.3 Å². The second-order valence-electron chi connectivity index (χ2n) is 7.62. The minimum absolute atomic E-state index is 0.0744. The zero-order chi connectivity index (χ0) is 25.7. The number of amides is 3. The van der Waals surface area contributed by atoms with Crippen LogP contribution in [0.15, 0.2) is 35.3 Å². The predicted octanol–water partition coefficient (Wildman–Crippen LogP) is -1.90. The first-order valence-electron chi connectivity index (χ1n) is 10.6. The molecule has 1 aromatic carbocycles. The monoisotopic (exact) mass is 495 g/mol. The van der Waals surface area contributed by atoms with Gasteiger partial charge in [-0.15, -0.1) is 0 Å². The lowest BCUT2D eigenvalue weighted by Gasteiger charge is -2.23. The molecule has 0 fully saturated rings. The molecular weight excluding hydrogens is 462 g/mol. The van der Waals surface area contributed by atoms with Crippen LogP contribution in [-0.4, -0.2) is 71.2 Å². The number of nitrogens with one attached hydrogen (secondary N) is 3. The average molecular weight is 496 g/mol. The van der Waals surface area contributed by atoms with Crippen LogP contribution in [0.5, 0.6) is 0 Å². The van der Waals surface area contributed by atoms with Gasteiger partial charge in [-0.3, -0.25) is 19.4 Å². The molecule has 0 aliphatic rings. The van der Waals surface area contributed by atoms with Crippen molar-refractivity contribution in [1.82, 2.24) is 16.0 Å². The number of carboxylic acids is 1. The molecule has 0 saturated heterocycles. The van der Waals surface area contributed by atoms with Crippen molar-refractivity contribution in [3.8, 4) is 0 Å². The molecule has 1 aromatic rings. The third-order valence-corrected chi connectivity index (χ3v) is 5.15. The van der Waals surface area contributed by atoms with Crippen molar-refractivity contribution in [1.29, 1.82) is 0 Å². The summed E-state index contributed by atoms with van der Waals surface area (Å²) in [6.07, 6.45) is 0.618. The van der Waals surface area contributed by atoms with Crippen LogP contribution in [0.25, 0.3) is 0 Å². The van der Waals surface area contributed by atoms with Gasteiger partial charge in [0.15, 0.2) is 5.96 Å². The van der Waals surface area contributed by atoms with E-state index in [1.165, 1.54) is 6.92 Å². The second kappa shape index (κ2) is 14.8. The van der Waals surface area contributed by atoms with Crippen LogP contribution in [0.3, 0.4) is 0 Å². The minimum Gasteiger partial charge on any atom is -0.480 e. The zero-order valence-electron chi connectivity index (χ0n) is 18.9. The number of guanidine groups is 1. The zero-order valence-corrected chi connectivity index (χ0v) is 19.8. The highest BCUT2D eigenvalue weighted by Crippen LogP contribution is 2.05. The lowest BCUT2D eigenvalue weighted by molar-refractivity contribution is -0.142. The summed E-state index contributed by atoms with van der Waals surface area (Å²) in [5.41, 5.74) is 17.0. The van der Waals surface area contributed by atoms with Gasteiger partial charge in [-0.05, 0) is 25.3 Å². The molecule has 1 rings (SSSR count). The third kappa shape index (κ3) is 10.5. The van der Waals surface area contributed by atoms with E-state index in [0.717, 1.165) is 5.56 Å². The normalized spacial score (nSPS) is 14.1. The first-order chi connectivity index (χ1) is 16.0. The highest BCUT2D eigenvalue weighted by molar-refractivity contribution is 7.80. The molecule has 0 heterocycles. The molecule has 0 radical (unpaired) electrons. The molecule has 12 nitrogen and oxygen atoms in total. The number of benzene rings is 1. The van der Waals surface area contributed by atoms with Gasteiger partial charge in [-0.1, -0.05) is 30.3 Å². The molecule has 10 N–H and O–H groups in total. The first kappa shape index (κ1) is 28.7. The number of thiol groups is 1. The van der Waals surface area contributed by atoms with Crippen molar-refractivity contribution in [3.05, 3.63) is 35.9 Å². The lowest BCUT2D eigenvalue weighted by Crippen LogP contribution is -2.56. The number of nitrogens with zero attached hydrogens (tertiary/aromatic N) is 1. The molecule has 0 saturated carbocycles. The van der Waals surface area contributed by atoms with Gasteiger partial charge in [-0.2, -0.15) is 12.6 Å². The maximum Gasteiger partial charge on any atom is 0.326 e. The highest BCUT2D eigenvalue weighted by atomic mass is 32.1. The maximum absolute atomic E-state index is 12.8. The number of carbonyl (C=O) groups is 4. The Labute approximate surface area is 203 Å². The smallest absolute Gasteiger partial charge is 0.326 e. The van der Waals surface area contributed by atoms with Crippen molar-refractivity contribution >= 4 is 42.3 Å². The Balaban J connectivity index is 2.78. The van der Waals surface area contributed by atoms with E-state index in [1.54, 1.807) is 30.3 Å². The summed E-state index contributed by atoms with van der Waals surface area (Å²) in [4.78, 5) is 52.9. The Bertz CT molecular complexity index is 864. The second-order valence-corrected chi connectivity index (χ2v) is 7.98. The molecule has 4 atom stereocenters. The van der Waals surface area contributed by atoms with E-state index in [2.05, 4.69) is 33.6 Å². The van der Waals surface area contributed by atoms with Gasteiger partial charge in [0.1, 0.15) is 18.1 Å². The van der Waals surface area contributed by atoms with Crippen LogP contribution in [0.2, 0.25) is 0 Å². The van der Waals surface area contributed by atoms with Crippen LogP contribution < -0.4 is 33.2 Å². The Morgan fingerprint density at radius 3 is 2.18 bits per heavy atom. The first-order valence-corrected chi connectivity index (χ1v) is 11.3. The molecule has 4 unspecified atom stereocenters. The van der Waals surface area contributed by atoms with Gasteiger partial charge in [0.25, 0.3) is 0 Å². The Kier molecular flexibility index (Phi) is 12.5. The van der Waals surface area contributed by atoms with E-state index in [0.29, 0.717) is 6.42 Å². The lowest BCUT2D eigenvalue weighted by atomic mass is 10.1. The Morgan fingerprint density at radius 1 is 1.00 bits per heavy atom. The molecule has 0 spiro atoms. The Hall–Kier alpha value is -3.32. The summed E-state index contributed by atoms with van der Waals surface area (Å²) >= 11 is 3.97. The standard InChI is InChI=1S/C21H33N7O5S/c1-12(17(29)28-16(20(32)33)10-13-6-3-2-4-7-13)26-19(31)15(8-5-9-25-21(23)24)27-18(30)14(22)11-34/h2-4,6-7,12,14-16,34H,5,8-11,22H2,1H3,(H,26,31)(H,27,30)(H,28,29)(H,32,33)(H4,23,24,25). The maximum atomic E-state index is 12.8. The van der Waals surface area contributed by atoms with Crippen LogP contribution >= 0.6 is 12.6 Å². The molecule has 13 heteroatoms. The van der Waals surface area contributed by atoms with Crippen LogP contribution in [-0.2, 0) is 25.6 Å². The summed E-state index contributed by atoms with van der Waals surface area (Å²) in [6.45, 7) is 1.64. The summed E-state index contributed by atoms with van der Waals surface area (Å²) in [5, 5.41) is 16.9. The minimum atomic E-state index is -1.21. The number of carboxylic acid groups (broad SMARTS) is 1. The fourth-order valence-electron chi connectivity index (χ4n) is 2.86. The van der Waals surface area contributed by atoms with Gasteiger partial charge in [-0.25, -0.2) is 4.79 Å². The third-order valence-electron chi connectivity index (χ3n) is 4.76. The molecule has 0 bridgehead atoms. The fraction of sp³-hybridized carbons (Fsp3) is 0.476. The molecule has 0 aliphatic carbocycles. The van der Waals surface area contributed by atoms with Crippen molar-refractivity contribution in [3.63, 3.8) is 0 Å². The molecule has 188 valence electrons. The van der Waals surface area contributed by atoms with Crippen LogP contribution in [0, 0.1) is 0 Å². The number of nitrogens with two attached hydrogens (primary N) is 3. The van der Waals surface area contributed by atoms with Crippen LogP contribution in [0.4, 0.5) is 0 Å². The van der Waals surface area contributed by atoms with Gasteiger partial charge >= 0.3 is 5.97 Å². The van der Waals surface area contributed by atoms with E-state index in [-0.39, 0.29) is 31.1 Å². The summed E-state index contributed by atoms with van der Waals surface area (Å²) in [5.74, 6) is -3.14. The van der Waals surface area contributed by atoms with Crippen molar-refractivity contribution in [2.75, 3.05) is 12.3 Å². The summed E-state index contributed by atoms with van der Waals surface area (Å²) < 4.78 is 0. The van der Waals surface area contributed by atoms with Gasteiger partial charge < -0.3 is 38.3 Å². The number of hydrogen-bond donors (Lipinski definition) is 8. The average Bonchev–Trinajstić information content (AvgIpc) is 2.79. The molecule has 0 aromatic heterocycles. The SMILES string of the molecule is CC(NC(=O)C(CCCN=C(N)N)NC(=O)C(N)CS)C(=O)NC(Cc1ccccc1)C(=O)O. The quantitative estimate of drug-likeness (QED) is 0.0629. The molecule has 34 heavy (non-hydrogen) atoms. The molecule has 3 amide bonds. The van der Waals surface area contributed by atoms with Crippen molar-refractivity contribution in [2.45, 2.75) is 50.4 Å². The number of rotatable bonds is 14. The van der Waals surface area contributed by atoms with E-state index in [4.69, 9.17) is 17.2 Å². The van der Waals surface area contributed by atoms with Gasteiger partial charge in [0.05, 0.1) is 6.04 Å². The van der Waals surface area contributed by atoms with E-state index < -0.39 is 47.9 Å². The van der Waals surface area contributed by atoms with E-state index in [9.17, 15) is 24.3 Å². The number of aliphatic imine (C=N–C) groups is 1. The Morgan fingerprint density at radius 2 is 1.62 bits per heavy atom. The molecule has 0 aliphatic heterocycles. The van der Waals surface area contributed by atoms with Crippen molar-refractivity contribution in [2.24, 2.45) is 22.2 Å². The predicted molar refractivity (Wildman–Crippen MR) is 131 cm³/mol.